The van der Waals surface area contributed by atoms with E-state index >= 15 is 0 Å². The minimum absolute atomic E-state index is 0.192. The van der Waals surface area contributed by atoms with Gasteiger partial charge in [-0.05, 0) is 13.3 Å². The van der Waals surface area contributed by atoms with Crippen molar-refractivity contribution in [1.82, 2.24) is 0 Å². The van der Waals surface area contributed by atoms with Crippen molar-refractivity contribution in [3.8, 4) is 6.07 Å². The molecule has 0 rings (SSSR count). The van der Waals surface area contributed by atoms with E-state index in [1.807, 2.05) is 6.07 Å². The number of nitriles is 1. The minimum Gasteiger partial charge on any atom is -0.389 e. The summed E-state index contributed by atoms with van der Waals surface area (Å²) in [6.07, 6.45) is 3.76. The Morgan fingerprint density at radius 3 is 2.82 bits per heavy atom. The van der Waals surface area contributed by atoms with Gasteiger partial charge in [-0.3, -0.25) is 4.99 Å². The Morgan fingerprint density at radius 1 is 1.73 bits per heavy atom. The molecule has 0 aromatic heterocycles. The average molecular weight is 151 g/mol. The third-order valence-corrected chi connectivity index (χ3v) is 1.21. The fraction of sp³-hybridized carbons (Fsp3) is 0.500. The summed E-state index contributed by atoms with van der Waals surface area (Å²) >= 11 is 0. The van der Waals surface area contributed by atoms with E-state index in [4.69, 9.17) is 11.0 Å². The van der Waals surface area contributed by atoms with Gasteiger partial charge in [-0.15, -0.1) is 0 Å². The second kappa shape index (κ2) is 5.48. The van der Waals surface area contributed by atoms with E-state index in [9.17, 15) is 0 Å². The molecule has 0 aliphatic carbocycles. The highest BCUT2D eigenvalue weighted by Crippen LogP contribution is 1.97. The van der Waals surface area contributed by atoms with Crippen molar-refractivity contribution in [3.63, 3.8) is 0 Å². The predicted molar refractivity (Wildman–Crippen MR) is 45.9 cm³/mol. The molecule has 3 nitrogen and oxygen atoms in total. The SMILES string of the molecule is CCCC=N/C(C)=C(/N)C#N. The molecule has 0 amide bonds. The number of hydrogen-bond donors (Lipinski definition) is 1. The zero-order valence-electron chi connectivity index (χ0n) is 6.96. The van der Waals surface area contributed by atoms with Gasteiger partial charge >= 0.3 is 0 Å². The largest absolute Gasteiger partial charge is 0.389 e. The van der Waals surface area contributed by atoms with E-state index < -0.39 is 0 Å². The second-order valence-corrected chi connectivity index (χ2v) is 2.21. The van der Waals surface area contributed by atoms with Gasteiger partial charge < -0.3 is 5.73 Å². The van der Waals surface area contributed by atoms with Crippen LogP contribution in [0.5, 0.6) is 0 Å². The van der Waals surface area contributed by atoms with Crippen LogP contribution in [-0.2, 0) is 0 Å². The lowest BCUT2D eigenvalue weighted by Crippen LogP contribution is -1.96. The van der Waals surface area contributed by atoms with Crippen molar-refractivity contribution in [2.75, 3.05) is 0 Å². The average Bonchev–Trinajstić information content (AvgIpc) is 2.03. The Labute approximate surface area is 67.2 Å². The van der Waals surface area contributed by atoms with Gasteiger partial charge in [0.25, 0.3) is 0 Å². The molecule has 3 heteroatoms. The monoisotopic (exact) mass is 151 g/mol. The van der Waals surface area contributed by atoms with Gasteiger partial charge in [0.1, 0.15) is 11.8 Å². The first-order valence-corrected chi connectivity index (χ1v) is 3.61. The summed E-state index contributed by atoms with van der Waals surface area (Å²) in [5.74, 6) is 0. The van der Waals surface area contributed by atoms with Crippen molar-refractivity contribution in [2.24, 2.45) is 10.7 Å². The molecule has 0 heterocycles. The Bertz CT molecular complexity index is 208. The number of rotatable bonds is 3. The first kappa shape index (κ1) is 9.70. The lowest BCUT2D eigenvalue weighted by atomic mass is 10.3. The molecule has 60 valence electrons. The third kappa shape index (κ3) is 4.15. The molecular weight excluding hydrogens is 138 g/mol. The Morgan fingerprint density at radius 2 is 2.36 bits per heavy atom. The van der Waals surface area contributed by atoms with Gasteiger partial charge in [0.2, 0.25) is 0 Å². The van der Waals surface area contributed by atoms with Crippen LogP contribution in [0.15, 0.2) is 16.4 Å². The molecular formula is C8H13N3. The minimum atomic E-state index is 0.192. The third-order valence-electron chi connectivity index (χ3n) is 1.21. The fourth-order valence-corrected chi connectivity index (χ4v) is 0.481. The summed E-state index contributed by atoms with van der Waals surface area (Å²) in [7, 11) is 0. The first-order valence-electron chi connectivity index (χ1n) is 3.61. The number of hydrogen-bond acceptors (Lipinski definition) is 3. The zero-order chi connectivity index (χ0) is 8.69. The van der Waals surface area contributed by atoms with Gasteiger partial charge in [0.15, 0.2) is 0 Å². The molecule has 0 saturated carbocycles. The molecule has 0 aromatic rings. The number of allylic oxidation sites excluding steroid dienone is 2. The number of aliphatic imine (C=N–C) groups is 1. The van der Waals surface area contributed by atoms with Crippen LogP contribution in [0, 0.1) is 11.3 Å². The second-order valence-electron chi connectivity index (χ2n) is 2.21. The van der Waals surface area contributed by atoms with Gasteiger partial charge in [0, 0.05) is 6.21 Å². The van der Waals surface area contributed by atoms with Crippen molar-refractivity contribution in [3.05, 3.63) is 11.4 Å². The van der Waals surface area contributed by atoms with Crippen LogP contribution in [0.3, 0.4) is 0 Å². The van der Waals surface area contributed by atoms with Crippen molar-refractivity contribution in [2.45, 2.75) is 26.7 Å². The molecule has 11 heavy (non-hydrogen) atoms. The van der Waals surface area contributed by atoms with Crippen LogP contribution in [0.25, 0.3) is 0 Å². The normalized spacial score (nSPS) is 12.8. The van der Waals surface area contributed by atoms with E-state index in [2.05, 4.69) is 11.9 Å². The molecule has 0 aliphatic heterocycles. The van der Waals surface area contributed by atoms with Crippen LogP contribution >= 0.6 is 0 Å². The van der Waals surface area contributed by atoms with Crippen LogP contribution < -0.4 is 5.73 Å². The Balaban J connectivity index is 4.07. The molecule has 2 N–H and O–H groups in total. The van der Waals surface area contributed by atoms with E-state index in [1.165, 1.54) is 0 Å². The van der Waals surface area contributed by atoms with E-state index in [1.54, 1.807) is 13.1 Å². The molecule has 0 fully saturated rings. The fourth-order valence-electron chi connectivity index (χ4n) is 0.481. The summed E-state index contributed by atoms with van der Waals surface area (Å²) in [5.41, 5.74) is 6.09. The lowest BCUT2D eigenvalue weighted by Gasteiger charge is -1.91. The maximum Gasteiger partial charge on any atom is 0.132 e. The van der Waals surface area contributed by atoms with Crippen molar-refractivity contribution >= 4 is 6.21 Å². The highest BCUT2D eigenvalue weighted by Gasteiger charge is 1.90. The number of nitrogens with two attached hydrogens (primary N) is 1. The summed E-state index contributed by atoms with van der Waals surface area (Å²) < 4.78 is 0. The molecule has 0 atom stereocenters. The van der Waals surface area contributed by atoms with E-state index in [-0.39, 0.29) is 5.70 Å². The lowest BCUT2D eigenvalue weighted by molar-refractivity contribution is 1.00. The van der Waals surface area contributed by atoms with Crippen LogP contribution in [-0.4, -0.2) is 6.21 Å². The highest BCUT2D eigenvalue weighted by atomic mass is 14.8. The number of unbranched alkanes of at least 4 members (excludes halogenated alkanes) is 1. The highest BCUT2D eigenvalue weighted by molar-refractivity contribution is 5.59. The predicted octanol–water partition coefficient (Wildman–Crippen LogP) is 1.57. The van der Waals surface area contributed by atoms with Gasteiger partial charge in [-0.25, -0.2) is 0 Å². The summed E-state index contributed by atoms with van der Waals surface area (Å²) in [5, 5.41) is 8.35. The van der Waals surface area contributed by atoms with Gasteiger partial charge in [-0.1, -0.05) is 13.3 Å². The van der Waals surface area contributed by atoms with Gasteiger partial charge in [0.05, 0.1) is 5.70 Å². The summed E-state index contributed by atoms with van der Waals surface area (Å²) in [6, 6.07) is 1.84. The van der Waals surface area contributed by atoms with Crippen molar-refractivity contribution in [1.29, 1.82) is 5.26 Å². The molecule has 0 unspecified atom stereocenters. The molecule has 0 radical (unpaired) electrons. The maximum atomic E-state index is 8.35. The smallest absolute Gasteiger partial charge is 0.132 e. The first-order chi connectivity index (χ1) is 5.22. The molecule has 0 bridgehead atoms. The Hall–Kier alpha value is -1.30. The van der Waals surface area contributed by atoms with Crippen LogP contribution in [0.4, 0.5) is 0 Å². The summed E-state index contributed by atoms with van der Waals surface area (Å²) in [6.45, 7) is 3.80. The van der Waals surface area contributed by atoms with Crippen molar-refractivity contribution < 1.29 is 0 Å². The van der Waals surface area contributed by atoms with Crippen LogP contribution in [0.2, 0.25) is 0 Å². The summed E-state index contributed by atoms with van der Waals surface area (Å²) in [4.78, 5) is 3.99. The molecule has 0 aromatic carbocycles. The quantitative estimate of drug-likeness (QED) is 0.491. The standard InChI is InChI=1S/C8H13N3/c1-3-4-5-11-7(2)8(10)6-9/h5H,3-4,10H2,1-2H3/b8-7+,11-5?. The van der Waals surface area contributed by atoms with E-state index in [0.29, 0.717) is 5.70 Å². The molecule has 0 spiro atoms. The van der Waals surface area contributed by atoms with E-state index in [0.717, 1.165) is 12.8 Å². The van der Waals surface area contributed by atoms with Gasteiger partial charge in [-0.2, -0.15) is 5.26 Å². The number of nitrogens with zero attached hydrogens (tertiary/aromatic N) is 2. The molecule has 0 aliphatic rings. The Kier molecular flexibility index (Phi) is 4.83. The zero-order valence-corrected chi connectivity index (χ0v) is 6.96. The topological polar surface area (TPSA) is 62.2 Å². The van der Waals surface area contributed by atoms with Crippen LogP contribution in [0.1, 0.15) is 26.7 Å². The molecule has 0 saturated heterocycles. The maximum absolute atomic E-state index is 8.35.